The number of nitrogens with one attached hydrogen (secondary N) is 1. The molecule has 2 aromatic rings. The first-order valence-electron chi connectivity index (χ1n) is 4.79. The fourth-order valence-corrected chi connectivity index (χ4v) is 2.05. The third-order valence-corrected chi connectivity index (χ3v) is 2.92. The van der Waals surface area contributed by atoms with Gasteiger partial charge in [0.25, 0.3) is 0 Å². The Balaban J connectivity index is 2.07. The Bertz CT molecular complexity index is 424. The highest BCUT2D eigenvalue weighted by molar-refractivity contribution is 7.10. The number of nitrogen functional groups attached to an aromatic ring is 1. The number of hydrogen-bond acceptors (Lipinski definition) is 4. The van der Waals surface area contributed by atoms with Crippen molar-refractivity contribution in [1.82, 2.24) is 4.37 Å². The molecule has 78 valence electrons. The van der Waals surface area contributed by atoms with Gasteiger partial charge in [-0.2, -0.15) is 4.37 Å². The summed E-state index contributed by atoms with van der Waals surface area (Å²) in [7, 11) is 0. The van der Waals surface area contributed by atoms with E-state index in [-0.39, 0.29) is 6.04 Å². The van der Waals surface area contributed by atoms with Gasteiger partial charge in [-0.3, -0.25) is 0 Å². The number of hydrogen-bond donors (Lipinski definition) is 2. The summed E-state index contributed by atoms with van der Waals surface area (Å²) in [5, 5.41) is 4.36. The molecule has 4 heteroatoms. The fraction of sp³-hybridized carbons (Fsp3) is 0.182. The largest absolute Gasteiger partial charge is 0.383 e. The normalized spacial score (nSPS) is 12.3. The summed E-state index contributed by atoms with van der Waals surface area (Å²) in [5.41, 5.74) is 6.81. The summed E-state index contributed by atoms with van der Waals surface area (Å²) in [6.07, 6.45) is 0. The van der Waals surface area contributed by atoms with Crippen molar-refractivity contribution in [2.24, 2.45) is 0 Å². The van der Waals surface area contributed by atoms with E-state index in [1.165, 1.54) is 17.1 Å². The second-order valence-electron chi connectivity index (χ2n) is 3.39. The van der Waals surface area contributed by atoms with Crippen molar-refractivity contribution in [2.45, 2.75) is 13.0 Å². The molecule has 15 heavy (non-hydrogen) atoms. The highest BCUT2D eigenvalue weighted by Gasteiger charge is 2.06. The summed E-state index contributed by atoms with van der Waals surface area (Å²) < 4.78 is 4.02. The zero-order chi connectivity index (χ0) is 10.7. The van der Waals surface area contributed by atoms with Gasteiger partial charge in [0.15, 0.2) is 0 Å². The fourth-order valence-electron chi connectivity index (χ4n) is 1.40. The number of benzene rings is 1. The maximum Gasteiger partial charge on any atom is 0.139 e. The van der Waals surface area contributed by atoms with E-state index in [9.17, 15) is 0 Å². The molecule has 0 radical (unpaired) electrons. The lowest BCUT2D eigenvalue weighted by molar-refractivity contribution is 0.889. The monoisotopic (exact) mass is 219 g/mol. The molecule has 0 saturated carbocycles. The van der Waals surface area contributed by atoms with Crippen molar-refractivity contribution >= 4 is 22.4 Å². The van der Waals surface area contributed by atoms with Crippen LogP contribution in [0.15, 0.2) is 36.4 Å². The lowest BCUT2D eigenvalue weighted by Crippen LogP contribution is -2.04. The zero-order valence-corrected chi connectivity index (χ0v) is 9.29. The van der Waals surface area contributed by atoms with Crippen LogP contribution in [0.3, 0.4) is 0 Å². The minimum absolute atomic E-state index is 0.269. The van der Waals surface area contributed by atoms with Crippen LogP contribution in [0.5, 0.6) is 0 Å². The lowest BCUT2D eigenvalue weighted by Gasteiger charge is -2.13. The van der Waals surface area contributed by atoms with Gasteiger partial charge >= 0.3 is 0 Å². The minimum atomic E-state index is 0.269. The average Bonchev–Trinajstić information content (AvgIpc) is 2.65. The maximum absolute atomic E-state index is 5.55. The predicted molar refractivity (Wildman–Crippen MR) is 65.0 cm³/mol. The maximum atomic E-state index is 5.55. The summed E-state index contributed by atoms with van der Waals surface area (Å²) in [6.45, 7) is 2.12. The average molecular weight is 219 g/mol. The van der Waals surface area contributed by atoms with Gasteiger partial charge in [0.2, 0.25) is 0 Å². The van der Waals surface area contributed by atoms with Crippen LogP contribution in [0.4, 0.5) is 10.8 Å². The Hall–Kier alpha value is -1.55. The minimum Gasteiger partial charge on any atom is -0.383 e. The van der Waals surface area contributed by atoms with Crippen LogP contribution < -0.4 is 11.1 Å². The van der Waals surface area contributed by atoms with E-state index in [0.29, 0.717) is 5.82 Å². The third-order valence-electron chi connectivity index (χ3n) is 2.19. The topological polar surface area (TPSA) is 50.9 Å². The van der Waals surface area contributed by atoms with E-state index in [2.05, 4.69) is 28.7 Å². The summed E-state index contributed by atoms with van der Waals surface area (Å²) in [6, 6.07) is 12.4. The first-order chi connectivity index (χ1) is 7.25. The molecule has 1 heterocycles. The Morgan fingerprint density at radius 1 is 1.33 bits per heavy atom. The molecule has 3 nitrogen and oxygen atoms in total. The SMILES string of the molecule is CC(Nc1cc(N)ns1)c1ccccc1. The first kappa shape index (κ1) is 9.98. The van der Waals surface area contributed by atoms with Gasteiger partial charge in [-0.25, -0.2) is 0 Å². The van der Waals surface area contributed by atoms with Crippen LogP contribution >= 0.6 is 11.5 Å². The van der Waals surface area contributed by atoms with Crippen molar-refractivity contribution < 1.29 is 0 Å². The zero-order valence-electron chi connectivity index (χ0n) is 8.47. The molecule has 1 aromatic heterocycles. The van der Waals surface area contributed by atoms with Crippen LogP contribution in [-0.4, -0.2) is 4.37 Å². The molecule has 0 spiro atoms. The van der Waals surface area contributed by atoms with Crippen molar-refractivity contribution in [1.29, 1.82) is 0 Å². The first-order valence-corrected chi connectivity index (χ1v) is 5.57. The number of aromatic nitrogens is 1. The number of rotatable bonds is 3. The van der Waals surface area contributed by atoms with E-state index in [1.807, 2.05) is 24.3 Å². The van der Waals surface area contributed by atoms with Crippen LogP contribution in [-0.2, 0) is 0 Å². The standard InChI is InChI=1S/C11H13N3S/c1-8(9-5-3-2-4-6-9)13-11-7-10(12)14-15-11/h2-8,13H,1H3,(H2,12,14). The van der Waals surface area contributed by atoms with Crippen molar-refractivity contribution in [3.8, 4) is 0 Å². The number of nitrogens with zero attached hydrogens (tertiary/aromatic N) is 1. The van der Waals surface area contributed by atoms with Gasteiger partial charge in [-0.15, -0.1) is 0 Å². The second kappa shape index (κ2) is 4.31. The van der Waals surface area contributed by atoms with Crippen LogP contribution in [0, 0.1) is 0 Å². The Morgan fingerprint density at radius 2 is 2.07 bits per heavy atom. The van der Waals surface area contributed by atoms with E-state index in [4.69, 9.17) is 5.73 Å². The van der Waals surface area contributed by atoms with Gasteiger partial charge in [-0.05, 0) is 24.0 Å². The Morgan fingerprint density at radius 3 is 2.67 bits per heavy atom. The molecule has 1 unspecified atom stereocenters. The molecular weight excluding hydrogens is 206 g/mol. The molecule has 0 aliphatic carbocycles. The molecule has 2 rings (SSSR count). The molecule has 0 aliphatic heterocycles. The van der Waals surface area contributed by atoms with Crippen LogP contribution in [0.25, 0.3) is 0 Å². The molecule has 3 N–H and O–H groups in total. The lowest BCUT2D eigenvalue weighted by atomic mass is 10.1. The Kier molecular flexibility index (Phi) is 2.87. The van der Waals surface area contributed by atoms with Gasteiger partial charge < -0.3 is 11.1 Å². The number of nitrogens with two attached hydrogens (primary N) is 1. The molecule has 1 aromatic carbocycles. The van der Waals surface area contributed by atoms with Crippen molar-refractivity contribution in [3.63, 3.8) is 0 Å². The van der Waals surface area contributed by atoms with Gasteiger partial charge in [0.05, 0.1) is 0 Å². The van der Waals surface area contributed by atoms with E-state index in [1.54, 1.807) is 0 Å². The van der Waals surface area contributed by atoms with Gasteiger partial charge in [-0.1, -0.05) is 30.3 Å². The summed E-state index contributed by atoms with van der Waals surface area (Å²) in [5.74, 6) is 0.572. The predicted octanol–water partition coefficient (Wildman–Crippen LogP) is 2.90. The van der Waals surface area contributed by atoms with E-state index in [0.717, 1.165) is 5.00 Å². The van der Waals surface area contributed by atoms with Crippen molar-refractivity contribution in [2.75, 3.05) is 11.1 Å². The quantitative estimate of drug-likeness (QED) is 0.834. The molecule has 0 aliphatic rings. The van der Waals surface area contributed by atoms with E-state index < -0.39 is 0 Å². The highest BCUT2D eigenvalue weighted by atomic mass is 32.1. The molecule has 0 bridgehead atoms. The molecule has 1 atom stereocenters. The summed E-state index contributed by atoms with van der Waals surface area (Å²) >= 11 is 1.39. The molecular formula is C11H13N3S. The van der Waals surface area contributed by atoms with Gasteiger partial charge in [0, 0.05) is 12.1 Å². The van der Waals surface area contributed by atoms with E-state index >= 15 is 0 Å². The third kappa shape index (κ3) is 2.47. The van der Waals surface area contributed by atoms with Crippen LogP contribution in [0.2, 0.25) is 0 Å². The van der Waals surface area contributed by atoms with Gasteiger partial charge in [0.1, 0.15) is 10.8 Å². The second-order valence-corrected chi connectivity index (χ2v) is 4.20. The summed E-state index contributed by atoms with van der Waals surface area (Å²) in [4.78, 5) is 0. The smallest absolute Gasteiger partial charge is 0.139 e. The highest BCUT2D eigenvalue weighted by Crippen LogP contribution is 2.23. The Labute approximate surface area is 93.1 Å². The molecule has 0 fully saturated rings. The van der Waals surface area contributed by atoms with Crippen LogP contribution in [0.1, 0.15) is 18.5 Å². The molecule has 0 amide bonds. The molecule has 0 saturated heterocycles. The number of anilines is 2. The van der Waals surface area contributed by atoms with Crippen molar-refractivity contribution in [3.05, 3.63) is 42.0 Å².